The van der Waals surface area contributed by atoms with E-state index in [1.807, 2.05) is 49.3 Å². The molecule has 1 atom stereocenters. The summed E-state index contributed by atoms with van der Waals surface area (Å²) in [7, 11) is 0.857. The number of urea groups is 1. The van der Waals surface area contributed by atoms with Crippen LogP contribution in [0.1, 0.15) is 12.0 Å². The molecule has 1 aromatic carbocycles. The Balaban J connectivity index is 1.99. The van der Waals surface area contributed by atoms with Gasteiger partial charge in [0.2, 0.25) is 0 Å². The minimum atomic E-state index is -3.01. The van der Waals surface area contributed by atoms with E-state index in [0.29, 0.717) is 26.1 Å². The number of rotatable bonds is 6. The number of nitrogens with one attached hydrogen (secondary N) is 1. The zero-order valence-corrected chi connectivity index (χ0v) is 14.6. The predicted octanol–water partition coefficient (Wildman–Crippen LogP) is 0.947. The summed E-state index contributed by atoms with van der Waals surface area (Å²) in [6.45, 7) is 1.67. The van der Waals surface area contributed by atoms with Gasteiger partial charge in [0.25, 0.3) is 0 Å². The summed E-state index contributed by atoms with van der Waals surface area (Å²) in [4.78, 5) is 16.2. The summed E-state index contributed by atoms with van der Waals surface area (Å²) in [6.07, 6.45) is 0.522. The molecule has 2 amide bonds. The second-order valence-corrected chi connectivity index (χ2v) is 8.43. The largest absolute Gasteiger partial charge is 0.334 e. The number of hydrogen-bond donors (Lipinski definition) is 1. The van der Waals surface area contributed by atoms with E-state index in [2.05, 4.69) is 5.32 Å². The van der Waals surface area contributed by atoms with Crippen molar-refractivity contribution in [1.82, 2.24) is 15.1 Å². The van der Waals surface area contributed by atoms with Crippen LogP contribution in [0.25, 0.3) is 0 Å². The van der Waals surface area contributed by atoms with Crippen LogP contribution in [-0.2, 0) is 16.4 Å². The van der Waals surface area contributed by atoms with Gasteiger partial charge in [-0.25, -0.2) is 13.2 Å². The van der Waals surface area contributed by atoms with E-state index in [0.717, 1.165) is 5.56 Å². The molecular weight excluding hydrogens is 314 g/mol. The number of benzene rings is 1. The highest BCUT2D eigenvalue weighted by Gasteiger charge is 2.34. The maximum atomic E-state index is 12.5. The number of amides is 2. The molecule has 0 spiro atoms. The number of carbonyl (C=O) groups is 1. The first-order chi connectivity index (χ1) is 10.9. The quantitative estimate of drug-likeness (QED) is 0.838. The Kier molecular flexibility index (Phi) is 6.01. The van der Waals surface area contributed by atoms with Crippen LogP contribution in [0.4, 0.5) is 4.79 Å². The SMILES string of the molecule is CN(C)CCN(C(=O)NCc1ccccc1)C1CCS(=O)(=O)C1. The Morgan fingerprint density at radius 2 is 1.91 bits per heavy atom. The van der Waals surface area contributed by atoms with Crippen molar-refractivity contribution in [2.75, 3.05) is 38.7 Å². The van der Waals surface area contributed by atoms with Crippen LogP contribution in [0.3, 0.4) is 0 Å². The molecule has 2 rings (SSSR count). The number of carbonyl (C=O) groups excluding carboxylic acids is 1. The maximum absolute atomic E-state index is 12.5. The van der Waals surface area contributed by atoms with Crippen LogP contribution in [0.2, 0.25) is 0 Å². The Hall–Kier alpha value is -1.60. The topological polar surface area (TPSA) is 69.7 Å². The molecule has 128 valence electrons. The second kappa shape index (κ2) is 7.79. The third-order valence-electron chi connectivity index (χ3n) is 3.98. The minimum Gasteiger partial charge on any atom is -0.334 e. The Morgan fingerprint density at radius 3 is 2.48 bits per heavy atom. The van der Waals surface area contributed by atoms with Gasteiger partial charge in [0.05, 0.1) is 11.5 Å². The Morgan fingerprint density at radius 1 is 1.22 bits per heavy atom. The summed E-state index contributed by atoms with van der Waals surface area (Å²) < 4.78 is 23.4. The molecule has 1 N–H and O–H groups in total. The molecule has 1 aliphatic rings. The van der Waals surface area contributed by atoms with Crippen LogP contribution in [0.5, 0.6) is 0 Å². The predicted molar refractivity (Wildman–Crippen MR) is 91.0 cm³/mol. The molecule has 0 aliphatic carbocycles. The lowest BCUT2D eigenvalue weighted by Crippen LogP contribution is -2.49. The van der Waals surface area contributed by atoms with Crippen molar-refractivity contribution < 1.29 is 13.2 Å². The zero-order valence-electron chi connectivity index (χ0n) is 13.7. The van der Waals surface area contributed by atoms with Gasteiger partial charge in [-0.2, -0.15) is 0 Å². The van der Waals surface area contributed by atoms with Gasteiger partial charge in [0.15, 0.2) is 9.84 Å². The number of hydrogen-bond acceptors (Lipinski definition) is 4. The van der Waals surface area contributed by atoms with Crippen molar-refractivity contribution >= 4 is 15.9 Å². The number of likely N-dealkylation sites (N-methyl/N-ethyl adjacent to an activating group) is 1. The smallest absolute Gasteiger partial charge is 0.317 e. The maximum Gasteiger partial charge on any atom is 0.317 e. The van der Waals surface area contributed by atoms with Gasteiger partial charge in [-0.05, 0) is 26.1 Å². The fraction of sp³-hybridized carbons (Fsp3) is 0.562. The second-order valence-electron chi connectivity index (χ2n) is 6.20. The van der Waals surface area contributed by atoms with Crippen molar-refractivity contribution in [3.05, 3.63) is 35.9 Å². The fourth-order valence-corrected chi connectivity index (χ4v) is 4.38. The van der Waals surface area contributed by atoms with E-state index in [1.165, 1.54) is 0 Å². The Bertz CT molecular complexity index is 617. The van der Waals surface area contributed by atoms with E-state index in [4.69, 9.17) is 0 Å². The highest BCUT2D eigenvalue weighted by atomic mass is 32.2. The van der Waals surface area contributed by atoms with E-state index in [1.54, 1.807) is 4.90 Å². The lowest BCUT2D eigenvalue weighted by molar-refractivity contribution is 0.172. The van der Waals surface area contributed by atoms with E-state index < -0.39 is 9.84 Å². The summed E-state index contributed by atoms with van der Waals surface area (Å²) in [6, 6.07) is 9.25. The van der Waals surface area contributed by atoms with Crippen LogP contribution < -0.4 is 5.32 Å². The van der Waals surface area contributed by atoms with Gasteiger partial charge >= 0.3 is 6.03 Å². The minimum absolute atomic E-state index is 0.0686. The van der Waals surface area contributed by atoms with Crippen molar-refractivity contribution in [3.63, 3.8) is 0 Å². The van der Waals surface area contributed by atoms with Crippen LogP contribution >= 0.6 is 0 Å². The first kappa shape index (κ1) is 17.7. The molecule has 23 heavy (non-hydrogen) atoms. The van der Waals surface area contributed by atoms with Gasteiger partial charge < -0.3 is 15.1 Å². The van der Waals surface area contributed by atoms with Crippen LogP contribution in [0.15, 0.2) is 30.3 Å². The third kappa shape index (κ3) is 5.51. The van der Waals surface area contributed by atoms with Crippen molar-refractivity contribution in [3.8, 4) is 0 Å². The molecule has 1 aromatic rings. The summed E-state index contributed by atoms with van der Waals surface area (Å²) >= 11 is 0. The standard InChI is InChI=1S/C16H25N3O3S/c1-18(2)9-10-19(15-8-11-23(21,22)13-15)16(20)17-12-14-6-4-3-5-7-14/h3-7,15H,8-13H2,1-2H3,(H,17,20). The average molecular weight is 339 g/mol. The van der Waals surface area contributed by atoms with Crippen LogP contribution in [-0.4, -0.2) is 69.0 Å². The van der Waals surface area contributed by atoms with E-state index >= 15 is 0 Å². The molecule has 0 aromatic heterocycles. The van der Waals surface area contributed by atoms with E-state index in [-0.39, 0.29) is 23.6 Å². The summed E-state index contributed by atoms with van der Waals surface area (Å²) in [5.41, 5.74) is 1.02. The summed E-state index contributed by atoms with van der Waals surface area (Å²) in [5, 5.41) is 2.90. The van der Waals surface area contributed by atoms with Crippen molar-refractivity contribution in [2.24, 2.45) is 0 Å². The molecule has 6 nitrogen and oxygen atoms in total. The van der Waals surface area contributed by atoms with Gasteiger partial charge in [-0.3, -0.25) is 0 Å². The number of nitrogens with zero attached hydrogens (tertiary/aromatic N) is 2. The average Bonchev–Trinajstić information content (AvgIpc) is 2.86. The van der Waals surface area contributed by atoms with Gasteiger partial charge in [-0.1, -0.05) is 30.3 Å². The lowest BCUT2D eigenvalue weighted by atomic mass is 10.2. The molecule has 0 saturated carbocycles. The molecule has 1 heterocycles. The highest BCUT2D eigenvalue weighted by molar-refractivity contribution is 7.91. The van der Waals surface area contributed by atoms with Crippen LogP contribution in [0, 0.1) is 0 Å². The van der Waals surface area contributed by atoms with Gasteiger partial charge in [-0.15, -0.1) is 0 Å². The molecule has 0 bridgehead atoms. The van der Waals surface area contributed by atoms with Crippen molar-refractivity contribution in [1.29, 1.82) is 0 Å². The van der Waals surface area contributed by atoms with Crippen molar-refractivity contribution in [2.45, 2.75) is 19.0 Å². The first-order valence-electron chi connectivity index (χ1n) is 7.81. The third-order valence-corrected chi connectivity index (χ3v) is 5.74. The van der Waals surface area contributed by atoms with Gasteiger partial charge in [0, 0.05) is 25.7 Å². The van der Waals surface area contributed by atoms with E-state index in [9.17, 15) is 13.2 Å². The molecular formula is C16H25N3O3S. The first-order valence-corrected chi connectivity index (χ1v) is 9.63. The highest BCUT2D eigenvalue weighted by Crippen LogP contribution is 2.18. The van der Waals surface area contributed by atoms with Gasteiger partial charge in [0.1, 0.15) is 0 Å². The molecule has 0 radical (unpaired) electrons. The molecule has 1 fully saturated rings. The molecule has 7 heteroatoms. The monoisotopic (exact) mass is 339 g/mol. The lowest BCUT2D eigenvalue weighted by Gasteiger charge is -2.29. The molecule has 1 aliphatic heterocycles. The fourth-order valence-electron chi connectivity index (χ4n) is 2.65. The molecule has 1 unspecified atom stereocenters. The summed E-state index contributed by atoms with van der Waals surface area (Å²) in [5.74, 6) is 0.237. The normalized spacial score (nSPS) is 19.7. The molecule has 1 saturated heterocycles. The Labute approximate surface area is 138 Å². The zero-order chi connectivity index (χ0) is 16.9. The number of sulfone groups is 1.